The summed E-state index contributed by atoms with van der Waals surface area (Å²) in [6.07, 6.45) is -0.846. The molecule has 0 bridgehead atoms. The first-order valence-corrected chi connectivity index (χ1v) is 13.9. The molecule has 0 amide bonds. The van der Waals surface area contributed by atoms with Gasteiger partial charge in [0.2, 0.25) is 0 Å². The zero-order valence-corrected chi connectivity index (χ0v) is 23.1. The summed E-state index contributed by atoms with van der Waals surface area (Å²) in [5, 5.41) is 14.4. The minimum absolute atomic E-state index is 0.0341. The largest absolute Gasteiger partial charge is 0.481 e. The summed E-state index contributed by atoms with van der Waals surface area (Å²) in [7, 11) is 0. The second kappa shape index (κ2) is 13.1. The van der Waals surface area contributed by atoms with Gasteiger partial charge in [-0.15, -0.1) is 11.3 Å². The number of esters is 1. The zero-order valence-electron chi connectivity index (χ0n) is 21.5. The number of carbonyl (C=O) groups is 2. The number of halogens is 4. The summed E-state index contributed by atoms with van der Waals surface area (Å²) >= 11 is 7.73. The maximum atomic E-state index is 14.0. The smallest absolute Gasteiger partial charge is 0.338 e. The highest BCUT2D eigenvalue weighted by Crippen LogP contribution is 2.37. The maximum absolute atomic E-state index is 14.0. The molecule has 0 saturated carbocycles. The molecule has 1 aromatic heterocycles. The fourth-order valence-corrected chi connectivity index (χ4v) is 5.43. The third-order valence-corrected chi connectivity index (χ3v) is 7.47. The van der Waals surface area contributed by atoms with Crippen molar-refractivity contribution < 1.29 is 37.3 Å². The Bertz CT molecular complexity index is 1290. The number of carbonyl (C=O) groups excluding carboxylic acids is 1. The van der Waals surface area contributed by atoms with Gasteiger partial charge in [0, 0.05) is 53.9 Å². The number of benzene rings is 1. The van der Waals surface area contributed by atoms with Gasteiger partial charge in [-0.2, -0.15) is 0 Å². The van der Waals surface area contributed by atoms with Crippen LogP contribution in [0.4, 0.5) is 13.2 Å². The minimum atomic E-state index is -3.34. The molecular weight excluding hydrogens is 573 g/mol. The van der Waals surface area contributed by atoms with Crippen LogP contribution in [0.2, 0.25) is 5.02 Å². The van der Waals surface area contributed by atoms with Crippen LogP contribution < -0.4 is 5.32 Å². The fourth-order valence-electron chi connectivity index (χ4n) is 4.57. The summed E-state index contributed by atoms with van der Waals surface area (Å²) in [5.74, 6) is -5.69. The first-order chi connectivity index (χ1) is 19.1. The molecule has 2 atom stereocenters. The van der Waals surface area contributed by atoms with E-state index in [4.69, 9.17) is 31.2 Å². The molecule has 14 heteroatoms. The van der Waals surface area contributed by atoms with Crippen LogP contribution in [0.3, 0.4) is 0 Å². The zero-order chi connectivity index (χ0) is 28.9. The van der Waals surface area contributed by atoms with Crippen molar-refractivity contribution in [1.29, 1.82) is 0 Å². The van der Waals surface area contributed by atoms with Gasteiger partial charge in [-0.25, -0.2) is 22.9 Å². The van der Waals surface area contributed by atoms with Crippen LogP contribution in [-0.4, -0.2) is 77.6 Å². The summed E-state index contributed by atoms with van der Waals surface area (Å²) in [6.45, 7) is 2.96. The van der Waals surface area contributed by atoms with Crippen LogP contribution >= 0.6 is 22.9 Å². The van der Waals surface area contributed by atoms with Gasteiger partial charge in [0.05, 0.1) is 24.9 Å². The number of ether oxygens (including phenoxy) is 2. The van der Waals surface area contributed by atoms with Crippen molar-refractivity contribution in [2.45, 2.75) is 44.3 Å². The third-order valence-electron chi connectivity index (χ3n) is 6.36. The number of aromatic nitrogens is 1. The van der Waals surface area contributed by atoms with Gasteiger partial charge < -0.3 is 19.9 Å². The molecule has 2 N–H and O–H groups in total. The van der Waals surface area contributed by atoms with Crippen molar-refractivity contribution in [3.63, 3.8) is 0 Å². The van der Waals surface area contributed by atoms with E-state index in [9.17, 15) is 22.8 Å². The number of rotatable bonds is 11. The number of nitrogens with one attached hydrogen (secondary N) is 1. The van der Waals surface area contributed by atoms with Crippen LogP contribution in [0.5, 0.6) is 0 Å². The molecular formula is C26H28ClF3N4O5S. The Hall–Kier alpha value is -3.00. The van der Waals surface area contributed by atoms with Crippen molar-refractivity contribution >= 4 is 40.7 Å². The molecule has 0 radical (unpaired) electrons. The molecule has 2 aliphatic heterocycles. The number of thiazole rings is 1. The van der Waals surface area contributed by atoms with Crippen LogP contribution in [0.1, 0.15) is 42.8 Å². The van der Waals surface area contributed by atoms with E-state index in [1.807, 2.05) is 4.90 Å². The van der Waals surface area contributed by atoms with E-state index in [0.29, 0.717) is 28.6 Å². The molecule has 216 valence electrons. The second-order valence-corrected chi connectivity index (χ2v) is 10.6. The number of aliphatic carboxylic acids is 1. The number of hydrogen-bond acceptors (Lipinski definition) is 9. The lowest BCUT2D eigenvalue weighted by Crippen LogP contribution is -2.46. The Morgan fingerprint density at radius 1 is 1.38 bits per heavy atom. The highest BCUT2D eigenvalue weighted by Gasteiger charge is 2.37. The van der Waals surface area contributed by atoms with E-state index in [1.165, 1.54) is 23.5 Å². The summed E-state index contributed by atoms with van der Waals surface area (Å²) in [5.41, 5.74) is 1.05. The fraction of sp³-hybridized carbons (Fsp3) is 0.462. The average molecular weight is 601 g/mol. The molecule has 0 unspecified atom stereocenters. The number of alkyl halides is 2. The normalized spacial score (nSPS) is 20.2. The Balaban J connectivity index is 1.63. The van der Waals surface area contributed by atoms with Crippen LogP contribution in [-0.2, 0) is 19.1 Å². The molecule has 1 saturated heterocycles. The maximum Gasteiger partial charge on any atom is 0.338 e. The summed E-state index contributed by atoms with van der Waals surface area (Å²) in [4.78, 5) is 35.0. The van der Waals surface area contributed by atoms with Gasteiger partial charge in [0.25, 0.3) is 5.92 Å². The van der Waals surface area contributed by atoms with Crippen molar-refractivity contribution in [3.8, 4) is 0 Å². The SMILES string of the molecule is CCOC(=O)C1=C(CN2CCO[C@H](CCC(F)(F)CC(=O)O)C2)NC(c2nccs2)=N[C@H]1c1ccc(F)cc1Cl. The second-order valence-electron chi connectivity index (χ2n) is 9.31. The van der Waals surface area contributed by atoms with Crippen LogP contribution in [0.15, 0.2) is 46.0 Å². The first-order valence-electron chi connectivity index (χ1n) is 12.6. The van der Waals surface area contributed by atoms with Crippen molar-refractivity contribution in [3.05, 3.63) is 62.5 Å². The van der Waals surface area contributed by atoms with Gasteiger partial charge in [0.15, 0.2) is 10.8 Å². The summed E-state index contributed by atoms with van der Waals surface area (Å²) < 4.78 is 52.9. The van der Waals surface area contributed by atoms with Gasteiger partial charge >= 0.3 is 11.9 Å². The standard InChI is InChI=1S/C26H28ClF3N4O5S/c1-2-38-25(37)21-19(14-34-8-9-39-16(13-34)5-6-26(29,30)12-20(35)36)32-23(24-31-7-10-40-24)33-22(21)17-4-3-15(28)11-18(17)27/h3-4,7,10-11,16,22H,2,5-6,8-9,12-14H2,1H3,(H,32,33)(H,35,36)/t16-,22+/m1/s1. The van der Waals surface area contributed by atoms with Gasteiger partial charge in [-0.3, -0.25) is 14.7 Å². The molecule has 1 aromatic carbocycles. The van der Waals surface area contributed by atoms with E-state index >= 15 is 0 Å². The highest BCUT2D eigenvalue weighted by atomic mass is 35.5. The number of carboxylic acids is 1. The highest BCUT2D eigenvalue weighted by molar-refractivity contribution is 7.11. The lowest BCUT2D eigenvalue weighted by atomic mass is 9.95. The molecule has 1 fully saturated rings. The first kappa shape index (κ1) is 30.0. The quantitative estimate of drug-likeness (QED) is 0.364. The topological polar surface area (TPSA) is 113 Å². The monoisotopic (exact) mass is 600 g/mol. The molecule has 2 aromatic rings. The molecule has 40 heavy (non-hydrogen) atoms. The molecule has 0 aliphatic carbocycles. The molecule has 4 rings (SSSR count). The molecule has 3 heterocycles. The number of morpholine rings is 1. The number of hydrogen-bond donors (Lipinski definition) is 2. The molecule has 9 nitrogen and oxygen atoms in total. The predicted molar refractivity (Wildman–Crippen MR) is 142 cm³/mol. The number of nitrogens with zero attached hydrogens (tertiary/aromatic N) is 3. The Morgan fingerprint density at radius 2 is 2.17 bits per heavy atom. The van der Waals surface area contributed by atoms with E-state index in [0.717, 1.165) is 6.07 Å². The minimum Gasteiger partial charge on any atom is -0.481 e. The molecule has 2 aliphatic rings. The number of amidine groups is 1. The number of aliphatic imine (C=N–C) groups is 1. The van der Waals surface area contributed by atoms with E-state index in [-0.39, 0.29) is 43.3 Å². The van der Waals surface area contributed by atoms with Crippen LogP contribution in [0.25, 0.3) is 0 Å². The van der Waals surface area contributed by atoms with Crippen molar-refractivity contribution in [2.24, 2.45) is 4.99 Å². The number of carboxylic acid groups (broad SMARTS) is 1. The predicted octanol–water partition coefficient (Wildman–Crippen LogP) is 4.43. The summed E-state index contributed by atoms with van der Waals surface area (Å²) in [6, 6.07) is 2.92. The van der Waals surface area contributed by atoms with Crippen molar-refractivity contribution in [2.75, 3.05) is 32.8 Å². The van der Waals surface area contributed by atoms with Gasteiger partial charge in [-0.05, 0) is 25.5 Å². The lowest BCUT2D eigenvalue weighted by Gasteiger charge is -2.36. The Morgan fingerprint density at radius 3 is 2.85 bits per heavy atom. The van der Waals surface area contributed by atoms with Gasteiger partial charge in [-0.1, -0.05) is 17.7 Å². The van der Waals surface area contributed by atoms with E-state index < -0.39 is 48.7 Å². The van der Waals surface area contributed by atoms with Gasteiger partial charge in [0.1, 0.15) is 18.3 Å². The van der Waals surface area contributed by atoms with E-state index in [1.54, 1.807) is 18.5 Å². The lowest BCUT2D eigenvalue weighted by molar-refractivity contribution is -0.146. The Kier molecular flexibility index (Phi) is 9.82. The van der Waals surface area contributed by atoms with Crippen LogP contribution in [0, 0.1) is 5.82 Å². The van der Waals surface area contributed by atoms with E-state index in [2.05, 4.69) is 10.3 Å². The molecule has 0 spiro atoms. The average Bonchev–Trinajstić information content (AvgIpc) is 3.42. The van der Waals surface area contributed by atoms with Crippen molar-refractivity contribution in [1.82, 2.24) is 15.2 Å². The Labute approximate surface area is 237 Å². The third kappa shape index (κ3) is 7.59.